The lowest BCUT2D eigenvalue weighted by atomic mass is 10.1. The first-order valence-electron chi connectivity index (χ1n) is 12.1. The van der Waals surface area contributed by atoms with E-state index in [1.807, 2.05) is 30.3 Å². The number of carbonyl (C=O) groups excluding carboxylic acids is 2. The number of hydrogen-bond donors (Lipinski definition) is 0. The van der Waals surface area contributed by atoms with Gasteiger partial charge in [0.25, 0.3) is 5.91 Å². The Morgan fingerprint density at radius 3 is 2.38 bits per heavy atom. The van der Waals surface area contributed by atoms with Gasteiger partial charge in [-0.2, -0.15) is 0 Å². The molecule has 0 fully saturated rings. The van der Waals surface area contributed by atoms with Crippen LogP contribution in [0.25, 0.3) is 16.6 Å². The lowest BCUT2D eigenvalue weighted by Gasteiger charge is -2.08. The highest BCUT2D eigenvalue weighted by molar-refractivity contribution is 6.30. The van der Waals surface area contributed by atoms with Crippen molar-refractivity contribution in [1.82, 2.24) is 19.6 Å². The van der Waals surface area contributed by atoms with Crippen molar-refractivity contribution in [3.63, 3.8) is 0 Å². The lowest BCUT2D eigenvalue weighted by molar-refractivity contribution is -0.144. The first-order chi connectivity index (χ1) is 18.9. The van der Waals surface area contributed by atoms with E-state index in [0.29, 0.717) is 55.6 Å². The molecule has 0 aliphatic carbocycles. The van der Waals surface area contributed by atoms with Gasteiger partial charge in [0, 0.05) is 21.7 Å². The Balaban J connectivity index is 1.40. The number of methoxy groups -OCH3 is 2. The van der Waals surface area contributed by atoms with Gasteiger partial charge < -0.3 is 14.2 Å². The number of ether oxygens (including phenoxy) is 3. The summed E-state index contributed by atoms with van der Waals surface area (Å²) in [4.78, 5) is 26.5. The van der Waals surface area contributed by atoms with Gasteiger partial charge >= 0.3 is 5.97 Å². The molecular formula is C29H25ClN4O5. The van der Waals surface area contributed by atoms with Gasteiger partial charge in [-0.1, -0.05) is 35.0 Å². The first-order valence-corrected chi connectivity index (χ1v) is 12.5. The van der Waals surface area contributed by atoms with Gasteiger partial charge in [-0.3, -0.25) is 14.2 Å². The molecule has 5 rings (SSSR count). The van der Waals surface area contributed by atoms with Crippen LogP contribution in [0.5, 0.6) is 11.5 Å². The standard InChI is InChI=1S/C29H25ClN4O5/c1-18-22(15-27(35)39-17-21-16-33(32-31-21)23-7-4-5-9-25(23)37-2)28-24(8-6-10-26(28)38-3)34(18)29(36)19-11-13-20(30)14-12-19/h4-14,16H,15,17H2,1-3H3. The number of para-hydroxylation sites is 2. The fraction of sp³-hybridized carbons (Fsp3) is 0.172. The molecule has 9 nitrogen and oxygen atoms in total. The van der Waals surface area contributed by atoms with E-state index >= 15 is 0 Å². The predicted molar refractivity (Wildman–Crippen MR) is 146 cm³/mol. The number of esters is 1. The SMILES string of the molecule is COc1ccccc1-n1cc(COC(=O)Cc2c(C)n(C(=O)c3ccc(Cl)cc3)c3cccc(OC)c23)nn1. The van der Waals surface area contributed by atoms with E-state index in [1.165, 1.54) is 0 Å². The van der Waals surface area contributed by atoms with Crippen molar-refractivity contribution in [3.8, 4) is 17.2 Å². The molecule has 0 aliphatic heterocycles. The van der Waals surface area contributed by atoms with Gasteiger partial charge in [0.05, 0.1) is 32.4 Å². The van der Waals surface area contributed by atoms with Crippen molar-refractivity contribution in [2.24, 2.45) is 0 Å². The summed E-state index contributed by atoms with van der Waals surface area (Å²) in [6.07, 6.45) is 1.61. The minimum atomic E-state index is -0.478. The Kier molecular flexibility index (Phi) is 7.33. The quantitative estimate of drug-likeness (QED) is 0.248. The molecule has 0 N–H and O–H groups in total. The third kappa shape index (κ3) is 5.08. The third-order valence-electron chi connectivity index (χ3n) is 6.41. The van der Waals surface area contributed by atoms with Crippen molar-refractivity contribution >= 4 is 34.4 Å². The van der Waals surface area contributed by atoms with E-state index in [9.17, 15) is 9.59 Å². The van der Waals surface area contributed by atoms with Gasteiger partial charge in [-0.25, -0.2) is 4.68 Å². The minimum absolute atomic E-state index is 0.0630. The molecule has 2 aromatic heterocycles. The Labute approximate surface area is 229 Å². The lowest BCUT2D eigenvalue weighted by Crippen LogP contribution is -2.14. The summed E-state index contributed by atoms with van der Waals surface area (Å²) >= 11 is 6.01. The molecule has 3 aromatic carbocycles. The summed E-state index contributed by atoms with van der Waals surface area (Å²) in [7, 11) is 3.13. The predicted octanol–water partition coefficient (Wildman–Crippen LogP) is 5.18. The maximum atomic E-state index is 13.5. The first kappa shape index (κ1) is 26.0. The Morgan fingerprint density at radius 2 is 1.64 bits per heavy atom. The largest absolute Gasteiger partial charge is 0.496 e. The molecule has 198 valence electrons. The van der Waals surface area contributed by atoms with Crippen LogP contribution in [0.4, 0.5) is 0 Å². The molecule has 0 aliphatic rings. The summed E-state index contributed by atoms with van der Waals surface area (Å²) in [6.45, 7) is 1.74. The van der Waals surface area contributed by atoms with E-state index < -0.39 is 5.97 Å². The summed E-state index contributed by atoms with van der Waals surface area (Å²) in [5.41, 5.74) is 3.56. The maximum absolute atomic E-state index is 13.5. The van der Waals surface area contributed by atoms with Crippen molar-refractivity contribution < 1.29 is 23.8 Å². The van der Waals surface area contributed by atoms with Crippen LogP contribution >= 0.6 is 11.6 Å². The van der Waals surface area contributed by atoms with Crippen molar-refractivity contribution in [2.75, 3.05) is 14.2 Å². The highest BCUT2D eigenvalue weighted by Crippen LogP contribution is 2.34. The van der Waals surface area contributed by atoms with E-state index in [0.717, 1.165) is 0 Å². The summed E-state index contributed by atoms with van der Waals surface area (Å²) in [6, 6.07) is 19.5. The highest BCUT2D eigenvalue weighted by atomic mass is 35.5. The molecule has 10 heteroatoms. The van der Waals surface area contributed by atoms with Crippen molar-refractivity contribution in [1.29, 1.82) is 0 Å². The van der Waals surface area contributed by atoms with Crippen LogP contribution < -0.4 is 9.47 Å². The minimum Gasteiger partial charge on any atom is -0.496 e. The second kappa shape index (κ2) is 11.0. The van der Waals surface area contributed by atoms with E-state index in [-0.39, 0.29) is 18.9 Å². The van der Waals surface area contributed by atoms with Gasteiger partial charge in [-0.15, -0.1) is 5.10 Å². The monoisotopic (exact) mass is 544 g/mol. The smallest absolute Gasteiger partial charge is 0.310 e. The molecular weight excluding hydrogens is 520 g/mol. The van der Waals surface area contributed by atoms with Crippen LogP contribution in [-0.4, -0.2) is 45.7 Å². The van der Waals surface area contributed by atoms with Crippen LogP contribution in [0.2, 0.25) is 5.02 Å². The highest BCUT2D eigenvalue weighted by Gasteiger charge is 2.24. The molecule has 0 unspecified atom stereocenters. The van der Waals surface area contributed by atoms with Crippen LogP contribution in [0.3, 0.4) is 0 Å². The average molecular weight is 545 g/mol. The Bertz CT molecular complexity index is 1670. The van der Waals surface area contributed by atoms with E-state index in [1.54, 1.807) is 73.0 Å². The molecule has 39 heavy (non-hydrogen) atoms. The molecule has 5 aromatic rings. The zero-order valence-electron chi connectivity index (χ0n) is 21.6. The number of carbonyl (C=O) groups is 2. The summed E-state index contributed by atoms with van der Waals surface area (Å²) in [5, 5.41) is 9.45. The number of aromatic nitrogens is 4. The van der Waals surface area contributed by atoms with Crippen molar-refractivity contribution in [2.45, 2.75) is 20.0 Å². The number of hydrogen-bond acceptors (Lipinski definition) is 7. The fourth-order valence-corrected chi connectivity index (χ4v) is 4.65. The number of rotatable bonds is 8. The molecule has 0 bridgehead atoms. The topological polar surface area (TPSA) is 97.5 Å². The van der Waals surface area contributed by atoms with E-state index in [4.69, 9.17) is 25.8 Å². The Morgan fingerprint density at radius 1 is 0.923 bits per heavy atom. The number of fused-ring (bicyclic) bond motifs is 1. The molecule has 0 saturated heterocycles. The van der Waals surface area contributed by atoms with Gasteiger partial charge in [-0.05, 0) is 61.0 Å². The Hall–Kier alpha value is -4.63. The summed E-state index contributed by atoms with van der Waals surface area (Å²) < 4.78 is 19.7. The van der Waals surface area contributed by atoms with Crippen molar-refractivity contribution in [3.05, 3.63) is 100 Å². The number of halogens is 1. The van der Waals surface area contributed by atoms with Crippen LogP contribution in [0.15, 0.2) is 72.9 Å². The number of benzene rings is 3. The second-order valence-corrected chi connectivity index (χ2v) is 9.17. The maximum Gasteiger partial charge on any atom is 0.310 e. The van der Waals surface area contributed by atoms with Crippen LogP contribution in [0, 0.1) is 6.92 Å². The zero-order valence-corrected chi connectivity index (χ0v) is 22.3. The molecule has 0 amide bonds. The number of nitrogens with zero attached hydrogens (tertiary/aromatic N) is 4. The molecule has 2 heterocycles. The fourth-order valence-electron chi connectivity index (χ4n) is 4.53. The van der Waals surface area contributed by atoms with Gasteiger partial charge in [0.15, 0.2) is 0 Å². The van der Waals surface area contributed by atoms with Gasteiger partial charge in [0.1, 0.15) is 29.5 Å². The second-order valence-electron chi connectivity index (χ2n) is 8.73. The van der Waals surface area contributed by atoms with E-state index in [2.05, 4.69) is 10.3 Å². The zero-order chi connectivity index (χ0) is 27.5. The normalized spacial score (nSPS) is 11.0. The molecule has 0 spiro atoms. The van der Waals surface area contributed by atoms with Crippen LogP contribution in [0.1, 0.15) is 27.3 Å². The van der Waals surface area contributed by atoms with Gasteiger partial charge in [0.2, 0.25) is 0 Å². The molecule has 0 atom stereocenters. The molecule has 0 saturated carbocycles. The molecule has 0 radical (unpaired) electrons. The third-order valence-corrected chi connectivity index (χ3v) is 6.66. The van der Waals surface area contributed by atoms with Crippen LogP contribution in [-0.2, 0) is 22.6 Å². The summed E-state index contributed by atoms with van der Waals surface area (Å²) in [5.74, 6) is 0.476. The average Bonchev–Trinajstić information content (AvgIpc) is 3.54.